The quantitative estimate of drug-likeness (QED) is 0.601. The molecule has 1 N–H and O–H groups in total. The second-order valence-corrected chi connectivity index (χ2v) is 4.84. The number of carbonyl (C=O) groups is 1. The summed E-state index contributed by atoms with van der Waals surface area (Å²) in [6.07, 6.45) is 2.37. The normalized spacial score (nSPS) is 10.5. The van der Waals surface area contributed by atoms with Crippen LogP contribution in [0.4, 0.5) is 0 Å². The molecule has 0 aliphatic heterocycles. The van der Waals surface area contributed by atoms with Gasteiger partial charge in [-0.3, -0.25) is 4.79 Å². The fourth-order valence-corrected chi connectivity index (χ4v) is 2.01. The second-order valence-electron chi connectivity index (χ2n) is 4.58. The van der Waals surface area contributed by atoms with E-state index in [1.54, 1.807) is 18.4 Å². The van der Waals surface area contributed by atoms with Crippen molar-refractivity contribution in [3.8, 4) is 0 Å². The Labute approximate surface area is 129 Å². The van der Waals surface area contributed by atoms with E-state index in [1.807, 2.05) is 24.3 Å². The van der Waals surface area contributed by atoms with Gasteiger partial charge in [0.05, 0.1) is 6.26 Å². The maximum absolute atomic E-state index is 11.9. The lowest BCUT2D eigenvalue weighted by atomic mass is 10.1. The Morgan fingerprint density at radius 1 is 1.29 bits per heavy atom. The van der Waals surface area contributed by atoms with Gasteiger partial charge in [0.25, 0.3) is 5.91 Å². The molecule has 5 heteroatoms. The Balaban J connectivity index is 1.62. The van der Waals surface area contributed by atoms with Gasteiger partial charge < -0.3 is 14.5 Å². The maximum atomic E-state index is 11.9. The molecule has 0 bridgehead atoms. The first kappa shape index (κ1) is 15.6. The third kappa shape index (κ3) is 5.25. The minimum Gasteiger partial charge on any atom is -0.467 e. The molecule has 0 saturated heterocycles. The maximum Gasteiger partial charge on any atom is 0.251 e. The highest BCUT2D eigenvalue weighted by Gasteiger charge is 2.05. The van der Waals surface area contributed by atoms with Crippen LogP contribution in [0.1, 0.15) is 28.1 Å². The van der Waals surface area contributed by atoms with Crippen molar-refractivity contribution in [2.45, 2.75) is 18.9 Å². The van der Waals surface area contributed by atoms with Crippen LogP contribution in [0.25, 0.3) is 0 Å². The Bertz CT molecular complexity index is 554. The zero-order chi connectivity index (χ0) is 14.9. The molecule has 0 atom stereocenters. The lowest BCUT2D eigenvalue weighted by Gasteiger charge is -2.06. The number of carbonyl (C=O) groups excluding carboxylic acids is 1. The Kier molecular flexibility index (Phi) is 6.31. The molecular weight excluding hydrogens is 290 g/mol. The summed E-state index contributed by atoms with van der Waals surface area (Å²) in [6, 6.07) is 11.0. The van der Waals surface area contributed by atoms with Gasteiger partial charge in [-0.25, -0.2) is 0 Å². The van der Waals surface area contributed by atoms with E-state index in [0.717, 1.165) is 17.7 Å². The van der Waals surface area contributed by atoms with Gasteiger partial charge in [0.2, 0.25) is 0 Å². The van der Waals surface area contributed by atoms with Crippen molar-refractivity contribution in [1.82, 2.24) is 5.32 Å². The van der Waals surface area contributed by atoms with Crippen molar-refractivity contribution < 1.29 is 13.9 Å². The molecule has 4 nitrogen and oxygen atoms in total. The molecule has 112 valence electrons. The van der Waals surface area contributed by atoms with Gasteiger partial charge in [0, 0.05) is 24.6 Å². The largest absolute Gasteiger partial charge is 0.467 e. The molecule has 0 aliphatic carbocycles. The second kappa shape index (κ2) is 8.49. The smallest absolute Gasteiger partial charge is 0.251 e. The van der Waals surface area contributed by atoms with Gasteiger partial charge in [-0.2, -0.15) is 0 Å². The van der Waals surface area contributed by atoms with Gasteiger partial charge in [-0.05, 0) is 36.2 Å². The van der Waals surface area contributed by atoms with Crippen molar-refractivity contribution in [2.24, 2.45) is 0 Å². The Morgan fingerprint density at radius 2 is 2.19 bits per heavy atom. The third-order valence-electron chi connectivity index (χ3n) is 2.92. The molecule has 0 unspecified atom stereocenters. The molecule has 0 aliphatic rings. The van der Waals surface area contributed by atoms with Gasteiger partial charge in [-0.1, -0.05) is 12.1 Å². The highest BCUT2D eigenvalue weighted by atomic mass is 35.5. The first-order valence-corrected chi connectivity index (χ1v) is 7.36. The van der Waals surface area contributed by atoms with Crippen molar-refractivity contribution in [3.05, 3.63) is 59.5 Å². The first-order chi connectivity index (χ1) is 10.3. The summed E-state index contributed by atoms with van der Waals surface area (Å²) >= 11 is 5.75. The van der Waals surface area contributed by atoms with Crippen LogP contribution in [0.2, 0.25) is 0 Å². The van der Waals surface area contributed by atoms with Gasteiger partial charge in [-0.15, -0.1) is 11.6 Å². The number of benzene rings is 1. The number of nitrogens with one attached hydrogen (secondary N) is 1. The molecule has 0 saturated carbocycles. The number of halogens is 1. The highest BCUT2D eigenvalue weighted by Crippen LogP contribution is 2.07. The highest BCUT2D eigenvalue weighted by molar-refractivity contribution is 6.17. The van der Waals surface area contributed by atoms with Crippen LogP contribution >= 0.6 is 11.6 Å². The van der Waals surface area contributed by atoms with Crippen molar-refractivity contribution in [3.63, 3.8) is 0 Å². The average molecular weight is 308 g/mol. The molecule has 21 heavy (non-hydrogen) atoms. The Morgan fingerprint density at radius 3 is 2.95 bits per heavy atom. The van der Waals surface area contributed by atoms with E-state index in [2.05, 4.69) is 5.32 Å². The molecule has 2 aromatic rings. The lowest BCUT2D eigenvalue weighted by molar-refractivity contribution is 0.0917. The summed E-state index contributed by atoms with van der Waals surface area (Å²) in [5, 5.41) is 2.86. The predicted molar refractivity (Wildman–Crippen MR) is 81.3 cm³/mol. The fourth-order valence-electron chi connectivity index (χ4n) is 1.84. The molecule has 1 amide bonds. The van der Waals surface area contributed by atoms with E-state index in [-0.39, 0.29) is 5.91 Å². The van der Waals surface area contributed by atoms with Crippen LogP contribution in [0.5, 0.6) is 0 Å². The molecule has 1 aromatic carbocycles. The summed E-state index contributed by atoms with van der Waals surface area (Å²) in [7, 11) is 0. The third-order valence-corrected chi connectivity index (χ3v) is 3.23. The SMILES string of the molecule is O=C(NCCCOCc1ccco1)c1cccc(CCl)c1. The number of hydrogen-bond acceptors (Lipinski definition) is 3. The summed E-state index contributed by atoms with van der Waals surface area (Å²) in [4.78, 5) is 11.9. The van der Waals surface area contributed by atoms with E-state index < -0.39 is 0 Å². The summed E-state index contributed by atoms with van der Waals surface area (Å²) in [6.45, 7) is 1.60. The number of hydrogen-bond donors (Lipinski definition) is 1. The summed E-state index contributed by atoms with van der Waals surface area (Å²) < 4.78 is 10.6. The van der Waals surface area contributed by atoms with Crippen LogP contribution in [0, 0.1) is 0 Å². The molecule has 0 fully saturated rings. The van der Waals surface area contributed by atoms with Gasteiger partial charge in [0.1, 0.15) is 12.4 Å². The molecule has 0 radical (unpaired) electrons. The van der Waals surface area contributed by atoms with Crippen molar-refractivity contribution >= 4 is 17.5 Å². The fraction of sp³-hybridized carbons (Fsp3) is 0.312. The van der Waals surface area contributed by atoms with Crippen LogP contribution < -0.4 is 5.32 Å². The molecular formula is C16H18ClNO3. The van der Waals surface area contributed by atoms with E-state index in [9.17, 15) is 4.79 Å². The zero-order valence-corrected chi connectivity index (χ0v) is 12.4. The van der Waals surface area contributed by atoms with Crippen molar-refractivity contribution in [1.29, 1.82) is 0 Å². The predicted octanol–water partition coefficient (Wildman–Crippen LogP) is 3.36. The number of rotatable bonds is 8. The average Bonchev–Trinajstić information content (AvgIpc) is 3.04. The lowest BCUT2D eigenvalue weighted by Crippen LogP contribution is -2.25. The number of alkyl halides is 1. The monoisotopic (exact) mass is 307 g/mol. The molecule has 0 spiro atoms. The minimum atomic E-state index is -0.0898. The van der Waals surface area contributed by atoms with E-state index in [4.69, 9.17) is 20.8 Å². The van der Waals surface area contributed by atoms with Gasteiger partial charge >= 0.3 is 0 Å². The van der Waals surface area contributed by atoms with Crippen LogP contribution in [0.3, 0.4) is 0 Å². The van der Waals surface area contributed by atoms with Gasteiger partial charge in [0.15, 0.2) is 0 Å². The topological polar surface area (TPSA) is 51.5 Å². The van der Waals surface area contributed by atoms with Crippen LogP contribution in [-0.2, 0) is 17.2 Å². The van der Waals surface area contributed by atoms with E-state index in [1.165, 1.54) is 0 Å². The molecule has 1 aromatic heterocycles. The number of furan rings is 1. The Hall–Kier alpha value is -1.78. The molecule has 2 rings (SSSR count). The number of ether oxygens (including phenoxy) is 1. The van der Waals surface area contributed by atoms with Crippen molar-refractivity contribution in [2.75, 3.05) is 13.2 Å². The number of amides is 1. The molecule has 1 heterocycles. The van der Waals surface area contributed by atoms with E-state index in [0.29, 0.717) is 31.2 Å². The van der Waals surface area contributed by atoms with Crippen LogP contribution in [0.15, 0.2) is 47.1 Å². The minimum absolute atomic E-state index is 0.0898. The zero-order valence-electron chi connectivity index (χ0n) is 11.7. The summed E-state index contributed by atoms with van der Waals surface area (Å²) in [5.41, 5.74) is 1.57. The first-order valence-electron chi connectivity index (χ1n) is 6.83. The standard InChI is InChI=1S/C16H18ClNO3/c17-11-13-4-1-5-14(10-13)16(19)18-7-3-8-20-12-15-6-2-9-21-15/h1-2,4-6,9-10H,3,7-8,11-12H2,(H,18,19). The summed E-state index contributed by atoms with van der Waals surface area (Å²) in [5.74, 6) is 1.12. The van der Waals surface area contributed by atoms with Crippen LogP contribution in [-0.4, -0.2) is 19.1 Å². The van der Waals surface area contributed by atoms with E-state index >= 15 is 0 Å².